The number of aryl methyl sites for hydroxylation is 1. The maximum absolute atomic E-state index is 3.99. The van der Waals surface area contributed by atoms with Crippen LogP contribution in [0, 0.1) is 6.92 Å². The van der Waals surface area contributed by atoms with Gasteiger partial charge in [0.05, 0.1) is 0 Å². The molecule has 0 aliphatic heterocycles. The van der Waals surface area contributed by atoms with Gasteiger partial charge in [-0.25, -0.2) is 0 Å². The molecule has 0 saturated carbocycles. The van der Waals surface area contributed by atoms with Crippen molar-refractivity contribution in [1.82, 2.24) is 14.8 Å². The molecular formula is C12H16N4S. The molecule has 1 aromatic carbocycles. The molecule has 1 heterocycles. The fourth-order valence-electron chi connectivity index (χ4n) is 1.71. The summed E-state index contributed by atoms with van der Waals surface area (Å²) in [5.41, 5.74) is 3.72. The predicted molar refractivity (Wildman–Crippen MR) is 71.0 cm³/mol. The average Bonchev–Trinajstić information content (AvgIpc) is 2.81. The van der Waals surface area contributed by atoms with Crippen LogP contribution in [-0.4, -0.2) is 21.8 Å². The van der Waals surface area contributed by atoms with Gasteiger partial charge >= 0.3 is 0 Å². The van der Waals surface area contributed by atoms with E-state index < -0.39 is 0 Å². The Morgan fingerprint density at radius 3 is 2.65 bits per heavy atom. The molecule has 0 N–H and O–H groups in total. The second kappa shape index (κ2) is 4.79. The number of hydrogen-bond acceptors (Lipinski definition) is 5. The minimum Gasteiger partial charge on any atom is -0.318 e. The van der Waals surface area contributed by atoms with Crippen molar-refractivity contribution in [2.45, 2.75) is 26.7 Å². The molecule has 5 heteroatoms. The molecule has 0 aliphatic rings. The van der Waals surface area contributed by atoms with Crippen molar-refractivity contribution < 1.29 is 0 Å². The van der Waals surface area contributed by atoms with E-state index in [0.29, 0.717) is 5.92 Å². The van der Waals surface area contributed by atoms with Crippen LogP contribution in [0.5, 0.6) is 0 Å². The van der Waals surface area contributed by atoms with E-state index in [1.165, 1.54) is 22.7 Å². The second-order valence-electron chi connectivity index (χ2n) is 4.40. The highest BCUT2D eigenvalue weighted by atomic mass is 32.1. The van der Waals surface area contributed by atoms with E-state index in [1.54, 1.807) is 0 Å². The Morgan fingerprint density at radius 2 is 2.06 bits per heavy atom. The summed E-state index contributed by atoms with van der Waals surface area (Å²) in [6, 6.07) is 6.53. The van der Waals surface area contributed by atoms with Gasteiger partial charge in [0.2, 0.25) is 5.13 Å². The lowest BCUT2D eigenvalue weighted by molar-refractivity contribution is 0.864. The zero-order valence-corrected chi connectivity index (χ0v) is 11.3. The largest absolute Gasteiger partial charge is 0.318 e. The van der Waals surface area contributed by atoms with Crippen LogP contribution in [0.3, 0.4) is 0 Å². The highest BCUT2D eigenvalue weighted by Gasteiger charge is 2.12. The fourth-order valence-corrected chi connectivity index (χ4v) is 2.15. The first-order valence-electron chi connectivity index (χ1n) is 5.59. The summed E-state index contributed by atoms with van der Waals surface area (Å²) < 4.78 is 3.79. The van der Waals surface area contributed by atoms with Crippen LogP contribution >= 0.6 is 11.5 Å². The molecule has 0 saturated heterocycles. The topological polar surface area (TPSA) is 41.9 Å². The number of benzene rings is 1. The zero-order chi connectivity index (χ0) is 12.4. The lowest BCUT2D eigenvalue weighted by Gasteiger charge is -2.19. The van der Waals surface area contributed by atoms with Crippen molar-refractivity contribution in [3.8, 4) is 0 Å². The molecule has 0 fully saturated rings. The fraction of sp³-hybridized carbons (Fsp3) is 0.417. The molecule has 90 valence electrons. The van der Waals surface area contributed by atoms with E-state index in [-0.39, 0.29) is 0 Å². The van der Waals surface area contributed by atoms with E-state index in [1.807, 2.05) is 11.9 Å². The Labute approximate surface area is 105 Å². The van der Waals surface area contributed by atoms with Gasteiger partial charge in [0.25, 0.3) is 0 Å². The standard InChI is InChI=1S/C12H16N4S/c1-8(2)10-6-5-9(3)11(7-10)16(4)12-13-14-15-17-12/h5-8H,1-4H3. The van der Waals surface area contributed by atoms with Gasteiger partial charge in [-0.1, -0.05) is 35.6 Å². The third-order valence-corrected chi connectivity index (χ3v) is 3.51. The molecule has 1 aromatic heterocycles. The molecule has 4 nitrogen and oxygen atoms in total. The van der Waals surface area contributed by atoms with Gasteiger partial charge in [-0.15, -0.1) is 0 Å². The molecule has 0 radical (unpaired) electrons. The van der Waals surface area contributed by atoms with Crippen molar-refractivity contribution >= 4 is 22.4 Å². The Balaban J connectivity index is 2.40. The monoisotopic (exact) mass is 248 g/mol. The third kappa shape index (κ3) is 2.44. The Hall–Kier alpha value is -1.49. The van der Waals surface area contributed by atoms with Gasteiger partial charge in [0.1, 0.15) is 0 Å². The zero-order valence-electron chi connectivity index (χ0n) is 10.5. The van der Waals surface area contributed by atoms with Crippen LogP contribution in [0.1, 0.15) is 30.9 Å². The Bertz CT molecular complexity index is 493. The summed E-state index contributed by atoms with van der Waals surface area (Å²) in [5, 5.41) is 8.44. The Kier molecular flexibility index (Phi) is 3.38. The van der Waals surface area contributed by atoms with Gasteiger partial charge in [-0.3, -0.25) is 0 Å². The van der Waals surface area contributed by atoms with Crippen molar-refractivity contribution in [3.05, 3.63) is 29.3 Å². The number of anilines is 2. The van der Waals surface area contributed by atoms with Crippen LogP contribution in [0.2, 0.25) is 0 Å². The molecule has 0 spiro atoms. The molecule has 0 unspecified atom stereocenters. The minimum atomic E-state index is 0.523. The molecule has 0 amide bonds. The SMILES string of the molecule is Cc1ccc(C(C)C)cc1N(C)c1nnns1. The first-order chi connectivity index (χ1) is 8.09. The summed E-state index contributed by atoms with van der Waals surface area (Å²) in [6.45, 7) is 6.49. The van der Waals surface area contributed by atoms with Crippen molar-refractivity contribution in [2.24, 2.45) is 0 Å². The molecule has 0 aliphatic carbocycles. The summed E-state index contributed by atoms with van der Waals surface area (Å²) in [6.07, 6.45) is 0. The van der Waals surface area contributed by atoms with Gasteiger partial charge < -0.3 is 4.90 Å². The number of aromatic nitrogens is 3. The van der Waals surface area contributed by atoms with E-state index in [0.717, 1.165) is 10.8 Å². The highest BCUT2D eigenvalue weighted by Crippen LogP contribution is 2.29. The normalized spacial score (nSPS) is 10.9. The van der Waals surface area contributed by atoms with Crippen molar-refractivity contribution in [3.63, 3.8) is 0 Å². The quantitative estimate of drug-likeness (QED) is 0.837. The third-order valence-electron chi connectivity index (χ3n) is 2.84. The minimum absolute atomic E-state index is 0.523. The predicted octanol–water partition coefficient (Wildman–Crippen LogP) is 3.13. The van der Waals surface area contributed by atoms with Gasteiger partial charge in [-0.05, 0) is 35.2 Å². The summed E-state index contributed by atoms with van der Waals surface area (Å²) >= 11 is 1.30. The Morgan fingerprint density at radius 1 is 1.29 bits per heavy atom. The number of nitrogens with zero attached hydrogens (tertiary/aromatic N) is 4. The molecule has 2 aromatic rings. The number of hydrogen-bond donors (Lipinski definition) is 0. The van der Waals surface area contributed by atoms with Crippen LogP contribution in [0.25, 0.3) is 0 Å². The maximum Gasteiger partial charge on any atom is 0.232 e. The van der Waals surface area contributed by atoms with E-state index in [2.05, 4.69) is 53.8 Å². The first kappa shape index (κ1) is 12.0. The molecule has 17 heavy (non-hydrogen) atoms. The summed E-state index contributed by atoms with van der Waals surface area (Å²) in [4.78, 5) is 2.03. The lowest BCUT2D eigenvalue weighted by atomic mass is 10.0. The summed E-state index contributed by atoms with van der Waals surface area (Å²) in [5.74, 6) is 0.523. The van der Waals surface area contributed by atoms with Crippen LogP contribution < -0.4 is 4.90 Å². The summed E-state index contributed by atoms with van der Waals surface area (Å²) in [7, 11) is 1.99. The lowest BCUT2D eigenvalue weighted by Crippen LogP contribution is -2.11. The second-order valence-corrected chi connectivity index (χ2v) is 5.12. The maximum atomic E-state index is 3.99. The van der Waals surface area contributed by atoms with Crippen molar-refractivity contribution in [1.29, 1.82) is 0 Å². The van der Waals surface area contributed by atoms with Gasteiger partial charge in [0, 0.05) is 24.3 Å². The molecule has 2 rings (SSSR count). The highest BCUT2D eigenvalue weighted by molar-refractivity contribution is 7.09. The van der Waals surface area contributed by atoms with Crippen LogP contribution in [0.4, 0.5) is 10.8 Å². The average molecular weight is 248 g/mol. The first-order valence-corrected chi connectivity index (χ1v) is 6.36. The van der Waals surface area contributed by atoms with Crippen LogP contribution in [-0.2, 0) is 0 Å². The van der Waals surface area contributed by atoms with E-state index in [4.69, 9.17) is 0 Å². The molecule has 0 atom stereocenters. The van der Waals surface area contributed by atoms with E-state index >= 15 is 0 Å². The van der Waals surface area contributed by atoms with Gasteiger partial charge in [-0.2, -0.15) is 0 Å². The molecule has 0 bridgehead atoms. The number of rotatable bonds is 3. The van der Waals surface area contributed by atoms with Gasteiger partial charge in [0.15, 0.2) is 0 Å². The van der Waals surface area contributed by atoms with E-state index in [9.17, 15) is 0 Å². The van der Waals surface area contributed by atoms with Crippen LogP contribution in [0.15, 0.2) is 18.2 Å². The smallest absolute Gasteiger partial charge is 0.232 e. The van der Waals surface area contributed by atoms with Crippen molar-refractivity contribution in [2.75, 3.05) is 11.9 Å². The molecular weight excluding hydrogens is 232 g/mol.